The number of fused-ring (bicyclic) bond motifs is 1. The molecule has 2 N–H and O–H groups in total. The van der Waals surface area contributed by atoms with Crippen LogP contribution in [0.3, 0.4) is 0 Å². The molecule has 0 aromatic heterocycles. The number of sulfonamides is 1. The first-order valence-corrected chi connectivity index (χ1v) is 9.92. The van der Waals surface area contributed by atoms with Crippen molar-refractivity contribution in [2.45, 2.75) is 19.8 Å². The van der Waals surface area contributed by atoms with Crippen molar-refractivity contribution in [3.63, 3.8) is 0 Å². The number of imide groups is 1. The van der Waals surface area contributed by atoms with Gasteiger partial charge < -0.3 is 10.1 Å². The van der Waals surface area contributed by atoms with Crippen LogP contribution in [0.5, 0.6) is 0 Å². The highest BCUT2D eigenvalue weighted by Crippen LogP contribution is 2.30. The predicted octanol–water partition coefficient (Wildman–Crippen LogP) is 0.401. The number of nitrogens with zero attached hydrogens (tertiary/aromatic N) is 1. The molecule has 0 atom stereocenters. The molecular formula is C16H21N3O6S. The van der Waals surface area contributed by atoms with E-state index in [0.29, 0.717) is 31.6 Å². The number of benzene rings is 1. The van der Waals surface area contributed by atoms with Crippen LogP contribution in [-0.4, -0.2) is 52.3 Å². The number of anilines is 1. The second-order valence-electron chi connectivity index (χ2n) is 5.77. The van der Waals surface area contributed by atoms with Gasteiger partial charge in [0.2, 0.25) is 10.0 Å². The highest BCUT2D eigenvalue weighted by molar-refractivity contribution is 7.92. The predicted molar refractivity (Wildman–Crippen MR) is 94.5 cm³/mol. The van der Waals surface area contributed by atoms with Crippen molar-refractivity contribution in [1.82, 2.24) is 10.6 Å². The number of ether oxygens (including phenoxy) is 1. The number of hydrogen-bond donors (Lipinski definition) is 2. The Hall–Kier alpha value is -2.62. The van der Waals surface area contributed by atoms with Gasteiger partial charge in [-0.25, -0.2) is 18.0 Å². The van der Waals surface area contributed by atoms with Gasteiger partial charge in [-0.05, 0) is 43.5 Å². The SMILES string of the molecule is CCNC(=O)NC(=O)COC(=O)c1ccc2c(c1)CCCN2S(C)(=O)=O. The van der Waals surface area contributed by atoms with Gasteiger partial charge in [-0.2, -0.15) is 0 Å². The average Bonchev–Trinajstić information content (AvgIpc) is 2.58. The molecule has 0 saturated carbocycles. The first-order chi connectivity index (χ1) is 12.2. The van der Waals surface area contributed by atoms with E-state index in [0.717, 1.165) is 11.8 Å². The Morgan fingerprint density at radius 1 is 1.27 bits per heavy atom. The fourth-order valence-electron chi connectivity index (χ4n) is 2.62. The van der Waals surface area contributed by atoms with Crippen molar-refractivity contribution in [2.75, 3.05) is 30.3 Å². The third kappa shape index (κ3) is 4.94. The number of nitrogens with one attached hydrogen (secondary N) is 2. The van der Waals surface area contributed by atoms with Crippen molar-refractivity contribution in [2.24, 2.45) is 0 Å². The molecule has 1 aliphatic heterocycles. The largest absolute Gasteiger partial charge is 0.452 e. The standard InChI is InChI=1S/C16H21N3O6S/c1-3-17-16(22)18-14(20)10-25-15(21)12-6-7-13-11(9-12)5-4-8-19(13)26(2,23)24/h6-7,9H,3-5,8,10H2,1-2H3,(H2,17,18,20,22). The molecule has 142 valence electrons. The molecule has 2 rings (SSSR count). The summed E-state index contributed by atoms with van der Waals surface area (Å²) in [5, 5.41) is 4.40. The Bertz CT molecular complexity index is 821. The molecule has 9 nitrogen and oxygen atoms in total. The van der Waals surface area contributed by atoms with E-state index in [4.69, 9.17) is 4.74 Å². The van der Waals surface area contributed by atoms with Gasteiger partial charge in [0.05, 0.1) is 17.5 Å². The van der Waals surface area contributed by atoms with Crippen LogP contribution in [0.2, 0.25) is 0 Å². The van der Waals surface area contributed by atoms with Gasteiger partial charge in [-0.15, -0.1) is 0 Å². The minimum Gasteiger partial charge on any atom is -0.452 e. The molecule has 3 amide bonds. The normalized spacial score (nSPS) is 13.5. The van der Waals surface area contributed by atoms with Crippen molar-refractivity contribution < 1.29 is 27.5 Å². The van der Waals surface area contributed by atoms with Crippen LogP contribution >= 0.6 is 0 Å². The molecule has 1 aromatic carbocycles. The summed E-state index contributed by atoms with van der Waals surface area (Å²) in [5.41, 5.74) is 1.48. The molecule has 0 fully saturated rings. The zero-order valence-corrected chi connectivity index (χ0v) is 15.4. The summed E-state index contributed by atoms with van der Waals surface area (Å²) in [4.78, 5) is 34.8. The first kappa shape index (κ1) is 19.7. The zero-order chi connectivity index (χ0) is 19.3. The van der Waals surface area contributed by atoms with Gasteiger partial charge >= 0.3 is 12.0 Å². The Labute approximate surface area is 151 Å². The van der Waals surface area contributed by atoms with Gasteiger partial charge in [0, 0.05) is 13.1 Å². The molecule has 26 heavy (non-hydrogen) atoms. The van der Waals surface area contributed by atoms with Gasteiger partial charge in [-0.1, -0.05) is 0 Å². The Morgan fingerprint density at radius 3 is 2.65 bits per heavy atom. The molecule has 0 unspecified atom stereocenters. The molecule has 0 spiro atoms. The molecule has 1 aliphatic rings. The number of rotatable bonds is 5. The molecule has 1 heterocycles. The Kier molecular flexibility index (Phi) is 6.19. The van der Waals surface area contributed by atoms with E-state index >= 15 is 0 Å². The molecule has 1 aromatic rings. The lowest BCUT2D eigenvalue weighted by Gasteiger charge is -2.29. The number of carbonyl (C=O) groups excluding carboxylic acids is 3. The van der Waals surface area contributed by atoms with E-state index in [2.05, 4.69) is 5.32 Å². The van der Waals surface area contributed by atoms with Crippen LogP contribution in [0.15, 0.2) is 18.2 Å². The summed E-state index contributed by atoms with van der Waals surface area (Å²) >= 11 is 0. The van der Waals surface area contributed by atoms with Gasteiger partial charge in [-0.3, -0.25) is 14.4 Å². The summed E-state index contributed by atoms with van der Waals surface area (Å²) in [6.45, 7) is 1.86. The second-order valence-corrected chi connectivity index (χ2v) is 7.67. The van der Waals surface area contributed by atoms with E-state index in [1.54, 1.807) is 19.1 Å². The number of urea groups is 1. The van der Waals surface area contributed by atoms with Crippen LogP contribution in [0.4, 0.5) is 10.5 Å². The quantitative estimate of drug-likeness (QED) is 0.710. The first-order valence-electron chi connectivity index (χ1n) is 8.07. The fraction of sp³-hybridized carbons (Fsp3) is 0.438. The van der Waals surface area contributed by atoms with Crippen LogP contribution in [0.25, 0.3) is 0 Å². The lowest BCUT2D eigenvalue weighted by Crippen LogP contribution is -2.41. The lowest BCUT2D eigenvalue weighted by atomic mass is 10.0. The number of carbonyl (C=O) groups is 3. The van der Waals surface area contributed by atoms with Crippen molar-refractivity contribution in [3.8, 4) is 0 Å². The minimum atomic E-state index is -3.38. The highest BCUT2D eigenvalue weighted by atomic mass is 32.2. The third-order valence-electron chi connectivity index (χ3n) is 3.72. The summed E-state index contributed by atoms with van der Waals surface area (Å²) in [6.07, 6.45) is 2.42. The van der Waals surface area contributed by atoms with Crippen LogP contribution in [-0.2, 0) is 26.0 Å². The average molecular weight is 383 g/mol. The van der Waals surface area contributed by atoms with Gasteiger partial charge in [0.25, 0.3) is 5.91 Å². The molecule has 0 aliphatic carbocycles. The summed E-state index contributed by atoms with van der Waals surface area (Å²) < 4.78 is 29.9. The Balaban J connectivity index is 2.03. The summed E-state index contributed by atoms with van der Waals surface area (Å²) in [6, 6.07) is 3.91. The van der Waals surface area contributed by atoms with Crippen LogP contribution < -0.4 is 14.9 Å². The number of esters is 1. The summed E-state index contributed by atoms with van der Waals surface area (Å²) in [7, 11) is -3.38. The highest BCUT2D eigenvalue weighted by Gasteiger charge is 2.25. The molecule has 0 bridgehead atoms. The third-order valence-corrected chi connectivity index (χ3v) is 4.90. The number of amides is 3. The fourth-order valence-corrected chi connectivity index (χ4v) is 3.61. The van der Waals surface area contributed by atoms with Crippen molar-refractivity contribution in [1.29, 1.82) is 0 Å². The van der Waals surface area contributed by atoms with E-state index in [9.17, 15) is 22.8 Å². The maximum Gasteiger partial charge on any atom is 0.338 e. The minimum absolute atomic E-state index is 0.213. The molecule has 0 saturated heterocycles. The van der Waals surface area contributed by atoms with E-state index in [1.807, 2.05) is 5.32 Å². The van der Waals surface area contributed by atoms with Gasteiger partial charge in [0.1, 0.15) is 0 Å². The summed E-state index contributed by atoms with van der Waals surface area (Å²) in [5.74, 6) is -1.47. The second kappa shape index (κ2) is 8.17. The number of aryl methyl sites for hydroxylation is 1. The van der Waals surface area contributed by atoms with E-state index in [-0.39, 0.29) is 5.56 Å². The maximum atomic E-state index is 12.1. The maximum absolute atomic E-state index is 12.1. The number of hydrogen-bond acceptors (Lipinski definition) is 6. The van der Waals surface area contributed by atoms with E-state index in [1.165, 1.54) is 10.4 Å². The molecule has 10 heteroatoms. The van der Waals surface area contributed by atoms with Crippen molar-refractivity contribution >= 4 is 33.6 Å². The lowest BCUT2D eigenvalue weighted by molar-refractivity contribution is -0.123. The van der Waals surface area contributed by atoms with Crippen LogP contribution in [0, 0.1) is 0 Å². The molecule has 0 radical (unpaired) electrons. The molecular weight excluding hydrogens is 362 g/mol. The topological polar surface area (TPSA) is 122 Å². The zero-order valence-electron chi connectivity index (χ0n) is 14.6. The Morgan fingerprint density at radius 2 is 2.00 bits per heavy atom. The monoisotopic (exact) mass is 383 g/mol. The smallest absolute Gasteiger partial charge is 0.338 e. The van der Waals surface area contributed by atoms with E-state index < -0.39 is 34.5 Å². The van der Waals surface area contributed by atoms with Crippen LogP contribution in [0.1, 0.15) is 29.3 Å². The van der Waals surface area contributed by atoms with Gasteiger partial charge in [0.15, 0.2) is 6.61 Å². The van der Waals surface area contributed by atoms with Crippen molar-refractivity contribution in [3.05, 3.63) is 29.3 Å².